The molecule has 0 aromatic heterocycles. The highest BCUT2D eigenvalue weighted by Crippen LogP contribution is 2.18. The van der Waals surface area contributed by atoms with Gasteiger partial charge in [0, 0.05) is 19.3 Å². The number of hydrogen-bond acceptors (Lipinski definition) is 6. The van der Waals surface area contributed by atoms with Crippen LogP contribution in [0.15, 0.2) is 60.8 Å². The van der Waals surface area contributed by atoms with Crippen LogP contribution in [0.25, 0.3) is 0 Å². The van der Waals surface area contributed by atoms with Crippen molar-refractivity contribution in [1.82, 2.24) is 0 Å². The second-order valence-electron chi connectivity index (χ2n) is 23.1. The van der Waals surface area contributed by atoms with E-state index in [-0.39, 0.29) is 31.1 Å². The van der Waals surface area contributed by atoms with Gasteiger partial charge in [0.2, 0.25) is 0 Å². The van der Waals surface area contributed by atoms with Crippen molar-refractivity contribution in [3.8, 4) is 0 Å². The van der Waals surface area contributed by atoms with Gasteiger partial charge < -0.3 is 14.2 Å². The molecule has 1 atom stereocenters. The number of carbonyl (C=O) groups is 3. The lowest BCUT2D eigenvalue weighted by Crippen LogP contribution is -2.30. The number of unbranched alkanes of at least 4 members (excludes halogenated alkanes) is 42. The molecular weight excluding hydrogens is 961 g/mol. The van der Waals surface area contributed by atoms with E-state index in [9.17, 15) is 14.4 Å². The Bertz CT molecular complexity index is 1390. The van der Waals surface area contributed by atoms with Crippen LogP contribution in [0.3, 0.4) is 0 Å². The minimum Gasteiger partial charge on any atom is -0.462 e. The molecule has 0 aromatic rings. The van der Waals surface area contributed by atoms with E-state index in [2.05, 4.69) is 81.5 Å². The van der Waals surface area contributed by atoms with Crippen LogP contribution in [-0.4, -0.2) is 37.2 Å². The Kier molecular flexibility index (Phi) is 64.2. The molecule has 0 amide bonds. The van der Waals surface area contributed by atoms with Gasteiger partial charge in [-0.2, -0.15) is 0 Å². The molecule has 0 fully saturated rings. The molecule has 0 N–H and O–H groups in total. The van der Waals surface area contributed by atoms with Gasteiger partial charge in [0.05, 0.1) is 0 Å². The SMILES string of the molecule is CC/C=C\C/C=C\C/C=C\C/C=C\C/C=C\CCCCCCCC(=O)OCC(COC(=O)CCCCCCCCCCCCCCCCCCCC)OC(=O)CCCCCCCCCCCCCCCCCCCCCCC. The molecule has 1 unspecified atom stereocenters. The van der Waals surface area contributed by atoms with Gasteiger partial charge in [-0.15, -0.1) is 0 Å². The monoisotopic (exact) mass is 1090 g/mol. The second-order valence-corrected chi connectivity index (χ2v) is 23.1. The Labute approximate surface area is 485 Å². The van der Waals surface area contributed by atoms with Gasteiger partial charge in [-0.3, -0.25) is 14.4 Å². The van der Waals surface area contributed by atoms with Crippen LogP contribution >= 0.6 is 0 Å². The molecule has 78 heavy (non-hydrogen) atoms. The summed E-state index contributed by atoms with van der Waals surface area (Å²) in [4.78, 5) is 38.4. The topological polar surface area (TPSA) is 78.9 Å². The molecule has 0 aliphatic rings. The zero-order valence-corrected chi connectivity index (χ0v) is 52.2. The molecule has 0 spiro atoms. The van der Waals surface area contributed by atoms with Gasteiger partial charge in [-0.1, -0.05) is 338 Å². The summed E-state index contributed by atoms with van der Waals surface area (Å²) in [6.07, 6.45) is 85.2. The van der Waals surface area contributed by atoms with Crippen molar-refractivity contribution in [2.45, 2.75) is 367 Å². The quantitative estimate of drug-likeness (QED) is 0.0261. The van der Waals surface area contributed by atoms with Gasteiger partial charge in [-0.05, 0) is 64.2 Å². The van der Waals surface area contributed by atoms with E-state index >= 15 is 0 Å². The zero-order valence-electron chi connectivity index (χ0n) is 52.2. The number of rotatable bonds is 63. The first kappa shape index (κ1) is 75.1. The third kappa shape index (κ3) is 63.9. The maximum absolute atomic E-state index is 13.0. The standard InChI is InChI=1S/C72H130O6/c1-4-7-10-13-16-19-22-25-28-31-34-36-38-41-44-47-50-53-56-59-62-65-71(74)77-68-69(67-76-70(73)64-61-58-55-52-49-46-43-40-33-30-27-24-21-18-15-12-9-6-3)78-72(75)66-63-60-57-54-51-48-45-42-39-37-35-32-29-26-23-20-17-14-11-8-5-2/h7,10,16,19,25,28,34,36,41,44,69H,4-6,8-9,11-15,17-18,20-24,26-27,29-33,35,37-40,42-43,45-68H2,1-3H3/b10-7-,19-16-,28-25-,36-34-,44-41-. The van der Waals surface area contributed by atoms with E-state index in [0.717, 1.165) is 109 Å². The molecule has 6 nitrogen and oxygen atoms in total. The second kappa shape index (κ2) is 66.6. The molecule has 0 rings (SSSR count). The molecule has 0 saturated carbocycles. The fraction of sp³-hybridized carbons (Fsp3) is 0.819. The first-order chi connectivity index (χ1) is 38.5. The van der Waals surface area contributed by atoms with Crippen molar-refractivity contribution < 1.29 is 28.6 Å². The summed E-state index contributed by atoms with van der Waals surface area (Å²) in [7, 11) is 0. The van der Waals surface area contributed by atoms with Gasteiger partial charge in [0.15, 0.2) is 6.10 Å². The Morgan fingerprint density at radius 2 is 0.500 bits per heavy atom. The highest BCUT2D eigenvalue weighted by atomic mass is 16.6. The van der Waals surface area contributed by atoms with Gasteiger partial charge in [0.1, 0.15) is 13.2 Å². The van der Waals surface area contributed by atoms with E-state index in [1.807, 2.05) is 0 Å². The third-order valence-corrected chi connectivity index (χ3v) is 15.3. The normalized spacial score (nSPS) is 12.4. The Balaban J connectivity index is 4.36. The summed E-state index contributed by atoms with van der Waals surface area (Å²) in [5, 5.41) is 0. The van der Waals surface area contributed by atoms with Crippen LogP contribution in [-0.2, 0) is 28.6 Å². The summed E-state index contributed by atoms with van der Waals surface area (Å²) in [6, 6.07) is 0. The molecule has 0 heterocycles. The number of carbonyl (C=O) groups excluding carboxylic acids is 3. The summed E-state index contributed by atoms with van der Waals surface area (Å²) in [5.41, 5.74) is 0. The van der Waals surface area contributed by atoms with Crippen LogP contribution in [0.5, 0.6) is 0 Å². The lowest BCUT2D eigenvalue weighted by atomic mass is 10.0. The summed E-state index contributed by atoms with van der Waals surface area (Å²) in [6.45, 7) is 6.58. The van der Waals surface area contributed by atoms with E-state index in [1.165, 1.54) is 212 Å². The van der Waals surface area contributed by atoms with Crippen LogP contribution in [0.2, 0.25) is 0 Å². The summed E-state index contributed by atoms with van der Waals surface area (Å²) < 4.78 is 17.0. The third-order valence-electron chi connectivity index (χ3n) is 15.3. The molecular formula is C72H130O6. The van der Waals surface area contributed by atoms with Crippen LogP contribution in [0, 0.1) is 0 Å². The average Bonchev–Trinajstić information content (AvgIpc) is 3.44. The summed E-state index contributed by atoms with van der Waals surface area (Å²) >= 11 is 0. The molecule has 454 valence electrons. The van der Waals surface area contributed by atoms with Crippen molar-refractivity contribution in [3.05, 3.63) is 60.8 Å². The van der Waals surface area contributed by atoms with E-state index in [4.69, 9.17) is 14.2 Å². The minimum atomic E-state index is -0.781. The first-order valence-corrected chi connectivity index (χ1v) is 34.3. The first-order valence-electron chi connectivity index (χ1n) is 34.3. The Morgan fingerprint density at radius 1 is 0.269 bits per heavy atom. The fourth-order valence-electron chi connectivity index (χ4n) is 10.2. The van der Waals surface area contributed by atoms with Gasteiger partial charge >= 0.3 is 17.9 Å². The molecule has 0 aliphatic carbocycles. The van der Waals surface area contributed by atoms with Crippen LogP contribution in [0.4, 0.5) is 0 Å². The highest BCUT2D eigenvalue weighted by Gasteiger charge is 2.19. The highest BCUT2D eigenvalue weighted by molar-refractivity contribution is 5.71. The Morgan fingerprint density at radius 3 is 0.782 bits per heavy atom. The van der Waals surface area contributed by atoms with Crippen molar-refractivity contribution in [2.75, 3.05) is 13.2 Å². The van der Waals surface area contributed by atoms with Crippen molar-refractivity contribution in [1.29, 1.82) is 0 Å². The minimum absolute atomic E-state index is 0.0753. The number of allylic oxidation sites excluding steroid dienone is 10. The average molecular weight is 1090 g/mol. The van der Waals surface area contributed by atoms with E-state index in [1.54, 1.807) is 0 Å². The zero-order chi connectivity index (χ0) is 56.4. The predicted molar refractivity (Wildman–Crippen MR) is 339 cm³/mol. The van der Waals surface area contributed by atoms with Crippen molar-refractivity contribution in [3.63, 3.8) is 0 Å². The number of esters is 3. The maximum atomic E-state index is 13.0. The molecule has 0 radical (unpaired) electrons. The van der Waals surface area contributed by atoms with E-state index < -0.39 is 6.10 Å². The lowest BCUT2D eigenvalue weighted by Gasteiger charge is -2.18. The smallest absolute Gasteiger partial charge is 0.306 e. The molecule has 0 saturated heterocycles. The maximum Gasteiger partial charge on any atom is 0.306 e. The fourth-order valence-corrected chi connectivity index (χ4v) is 10.2. The largest absolute Gasteiger partial charge is 0.462 e. The van der Waals surface area contributed by atoms with Gasteiger partial charge in [0.25, 0.3) is 0 Å². The summed E-state index contributed by atoms with van der Waals surface area (Å²) in [5.74, 6) is -0.869. The van der Waals surface area contributed by atoms with Crippen molar-refractivity contribution in [2.24, 2.45) is 0 Å². The predicted octanol–water partition coefficient (Wildman–Crippen LogP) is 23.5. The van der Waals surface area contributed by atoms with Crippen LogP contribution < -0.4 is 0 Å². The Hall–Kier alpha value is -2.89. The molecule has 0 aliphatic heterocycles. The molecule has 0 aromatic carbocycles. The number of ether oxygens (including phenoxy) is 3. The van der Waals surface area contributed by atoms with Gasteiger partial charge in [-0.25, -0.2) is 0 Å². The van der Waals surface area contributed by atoms with E-state index in [0.29, 0.717) is 19.3 Å². The lowest BCUT2D eigenvalue weighted by molar-refractivity contribution is -0.167. The molecule has 0 bridgehead atoms. The number of hydrogen-bond donors (Lipinski definition) is 0. The van der Waals surface area contributed by atoms with Crippen LogP contribution in [0.1, 0.15) is 361 Å². The molecule has 6 heteroatoms. The van der Waals surface area contributed by atoms with Crippen molar-refractivity contribution >= 4 is 17.9 Å².